The number of rotatable bonds is 12. The number of nitrogens with one attached hydrogen (secondary N) is 1. The Hall–Kier alpha value is -1.40. The van der Waals surface area contributed by atoms with Gasteiger partial charge in [-0.05, 0) is 43.2 Å². The minimum absolute atomic E-state index is 0.498. The summed E-state index contributed by atoms with van der Waals surface area (Å²) in [6.45, 7) is 3.07. The van der Waals surface area contributed by atoms with Gasteiger partial charge in [-0.1, -0.05) is 44.7 Å². The highest BCUT2D eigenvalue weighted by Gasteiger charge is 2.07. The third kappa shape index (κ3) is 9.67. The van der Waals surface area contributed by atoms with Crippen molar-refractivity contribution in [2.75, 3.05) is 17.5 Å². The average molecular weight is 355 g/mol. The number of aliphatic hydroxyl groups is 1. The predicted octanol–water partition coefficient (Wildman–Crippen LogP) is 3.91. The van der Waals surface area contributed by atoms with Crippen LogP contribution in [0.4, 0.5) is 5.69 Å². The van der Waals surface area contributed by atoms with E-state index < -0.39 is 16.1 Å². The van der Waals surface area contributed by atoms with Crippen LogP contribution in [0.15, 0.2) is 29.3 Å². The molecular weight excluding hydrogens is 324 g/mol. The first-order chi connectivity index (χ1) is 11.4. The highest BCUT2D eigenvalue weighted by Crippen LogP contribution is 2.20. The standard InChI is InChI=1S/C18H30N2O3S/c1-3-4-5-6-7-14-19-15-8-9-18(21)16-10-12-17(13-11-16)20-24(2,22)23/h10-13,15,18,20-21H,3-9,14H2,1-2H3. The van der Waals surface area contributed by atoms with Crippen LogP contribution in [0.1, 0.15) is 63.5 Å². The fourth-order valence-electron chi connectivity index (χ4n) is 2.38. The zero-order chi connectivity index (χ0) is 17.8. The van der Waals surface area contributed by atoms with Crippen molar-refractivity contribution >= 4 is 21.9 Å². The van der Waals surface area contributed by atoms with Gasteiger partial charge in [0.25, 0.3) is 0 Å². The molecule has 24 heavy (non-hydrogen) atoms. The van der Waals surface area contributed by atoms with E-state index in [2.05, 4.69) is 16.6 Å². The molecule has 1 atom stereocenters. The Balaban J connectivity index is 2.26. The summed E-state index contributed by atoms with van der Waals surface area (Å²) in [5.74, 6) is 0. The molecular formula is C18H30N2O3S. The number of hydrogen-bond donors (Lipinski definition) is 2. The van der Waals surface area contributed by atoms with E-state index in [0.29, 0.717) is 12.1 Å². The Bertz CT molecular complexity index is 583. The van der Waals surface area contributed by atoms with Crippen molar-refractivity contribution in [2.24, 2.45) is 4.99 Å². The van der Waals surface area contributed by atoms with Crippen LogP contribution in [0.25, 0.3) is 0 Å². The third-order valence-electron chi connectivity index (χ3n) is 3.69. The summed E-state index contributed by atoms with van der Waals surface area (Å²) in [5.41, 5.74) is 1.28. The molecule has 1 aromatic rings. The molecule has 0 bridgehead atoms. The second-order valence-electron chi connectivity index (χ2n) is 6.09. The molecule has 136 valence electrons. The molecule has 0 aromatic heterocycles. The summed E-state index contributed by atoms with van der Waals surface area (Å²) in [5, 5.41) is 10.1. The van der Waals surface area contributed by atoms with Crippen molar-refractivity contribution in [1.29, 1.82) is 0 Å². The molecule has 0 aliphatic rings. The minimum Gasteiger partial charge on any atom is -0.388 e. The summed E-state index contributed by atoms with van der Waals surface area (Å²) in [4.78, 5) is 4.38. The number of benzene rings is 1. The molecule has 0 fully saturated rings. The van der Waals surface area contributed by atoms with E-state index in [1.165, 1.54) is 25.7 Å². The average Bonchev–Trinajstić information content (AvgIpc) is 2.52. The Morgan fingerprint density at radius 1 is 1.17 bits per heavy atom. The normalized spacial score (nSPS) is 13.3. The smallest absolute Gasteiger partial charge is 0.229 e. The van der Waals surface area contributed by atoms with Gasteiger partial charge in [0.2, 0.25) is 10.0 Å². The molecule has 5 nitrogen and oxygen atoms in total. The topological polar surface area (TPSA) is 78.8 Å². The molecule has 0 heterocycles. The second kappa shape index (κ2) is 11.2. The quantitative estimate of drug-likeness (QED) is 0.441. The second-order valence-corrected chi connectivity index (χ2v) is 7.84. The molecule has 6 heteroatoms. The van der Waals surface area contributed by atoms with Crippen molar-refractivity contribution in [2.45, 2.75) is 58.0 Å². The molecule has 2 N–H and O–H groups in total. The third-order valence-corrected chi connectivity index (χ3v) is 4.29. The van der Waals surface area contributed by atoms with Crippen molar-refractivity contribution < 1.29 is 13.5 Å². The molecule has 0 spiro atoms. The molecule has 0 aliphatic heterocycles. The van der Waals surface area contributed by atoms with Crippen LogP contribution in [-0.4, -0.2) is 32.5 Å². The number of aliphatic imine (C=N–C) groups is 1. The van der Waals surface area contributed by atoms with Gasteiger partial charge in [-0.25, -0.2) is 8.42 Å². The lowest BCUT2D eigenvalue weighted by Gasteiger charge is -2.10. The first kappa shape index (κ1) is 20.6. The van der Waals surface area contributed by atoms with E-state index in [4.69, 9.17) is 0 Å². The number of unbranched alkanes of at least 4 members (excludes halogenated alkanes) is 4. The van der Waals surface area contributed by atoms with Gasteiger partial charge in [0, 0.05) is 12.2 Å². The Kier molecular flexibility index (Phi) is 9.64. The van der Waals surface area contributed by atoms with Gasteiger partial charge in [-0.15, -0.1) is 0 Å². The van der Waals surface area contributed by atoms with Crippen molar-refractivity contribution in [3.63, 3.8) is 0 Å². The number of anilines is 1. The molecule has 0 saturated carbocycles. The number of sulfonamides is 1. The van der Waals surface area contributed by atoms with Crippen LogP contribution in [0, 0.1) is 0 Å². The van der Waals surface area contributed by atoms with E-state index in [1.807, 2.05) is 6.21 Å². The van der Waals surface area contributed by atoms with Crippen LogP contribution in [0.3, 0.4) is 0 Å². The van der Waals surface area contributed by atoms with Gasteiger partial charge >= 0.3 is 0 Å². The molecule has 1 rings (SSSR count). The summed E-state index contributed by atoms with van der Waals surface area (Å²) in [6, 6.07) is 6.79. The summed E-state index contributed by atoms with van der Waals surface area (Å²) in [6.07, 6.45) is 10.00. The van der Waals surface area contributed by atoms with Gasteiger partial charge in [0.15, 0.2) is 0 Å². The zero-order valence-electron chi connectivity index (χ0n) is 14.7. The molecule has 0 aliphatic carbocycles. The van der Waals surface area contributed by atoms with E-state index >= 15 is 0 Å². The molecule has 0 amide bonds. The fraction of sp³-hybridized carbons (Fsp3) is 0.611. The van der Waals surface area contributed by atoms with Gasteiger partial charge in [-0.2, -0.15) is 0 Å². The Labute approximate surface area is 146 Å². The fourth-order valence-corrected chi connectivity index (χ4v) is 2.94. The molecule has 1 unspecified atom stereocenters. The minimum atomic E-state index is -3.27. The lowest BCUT2D eigenvalue weighted by atomic mass is 10.1. The largest absolute Gasteiger partial charge is 0.388 e. The van der Waals surface area contributed by atoms with Crippen LogP contribution < -0.4 is 4.72 Å². The van der Waals surface area contributed by atoms with Crippen molar-refractivity contribution in [1.82, 2.24) is 0 Å². The highest BCUT2D eigenvalue weighted by molar-refractivity contribution is 7.92. The summed E-state index contributed by atoms with van der Waals surface area (Å²) < 4.78 is 24.7. The number of aliphatic hydroxyl groups excluding tert-OH is 1. The maximum Gasteiger partial charge on any atom is 0.229 e. The van der Waals surface area contributed by atoms with Crippen LogP contribution in [0.5, 0.6) is 0 Å². The lowest BCUT2D eigenvalue weighted by molar-refractivity contribution is 0.170. The maximum absolute atomic E-state index is 11.1. The van der Waals surface area contributed by atoms with E-state index in [-0.39, 0.29) is 0 Å². The lowest BCUT2D eigenvalue weighted by Crippen LogP contribution is -2.09. The zero-order valence-corrected chi connectivity index (χ0v) is 15.6. The van der Waals surface area contributed by atoms with Crippen molar-refractivity contribution in [3.8, 4) is 0 Å². The first-order valence-electron chi connectivity index (χ1n) is 8.66. The summed E-state index contributed by atoms with van der Waals surface area (Å²) >= 11 is 0. The van der Waals surface area contributed by atoms with Gasteiger partial charge in [0.1, 0.15) is 0 Å². The van der Waals surface area contributed by atoms with E-state index in [1.54, 1.807) is 24.3 Å². The number of nitrogens with zero attached hydrogens (tertiary/aromatic N) is 1. The van der Waals surface area contributed by atoms with Gasteiger partial charge < -0.3 is 5.11 Å². The molecule has 1 aromatic carbocycles. The van der Waals surface area contributed by atoms with E-state index in [0.717, 1.165) is 31.2 Å². The SMILES string of the molecule is CCCCCCCN=CCCC(O)c1ccc(NS(C)(=O)=O)cc1. The van der Waals surface area contributed by atoms with Gasteiger partial charge in [-0.3, -0.25) is 9.71 Å². The summed E-state index contributed by atoms with van der Waals surface area (Å²) in [7, 11) is -3.27. The van der Waals surface area contributed by atoms with Crippen LogP contribution >= 0.6 is 0 Å². The number of hydrogen-bond acceptors (Lipinski definition) is 4. The molecule has 0 saturated heterocycles. The van der Waals surface area contributed by atoms with Crippen LogP contribution in [-0.2, 0) is 10.0 Å². The molecule has 0 radical (unpaired) electrons. The van der Waals surface area contributed by atoms with Crippen LogP contribution in [0.2, 0.25) is 0 Å². The highest BCUT2D eigenvalue weighted by atomic mass is 32.2. The monoisotopic (exact) mass is 354 g/mol. The Morgan fingerprint density at radius 3 is 2.46 bits per heavy atom. The van der Waals surface area contributed by atoms with Gasteiger partial charge in [0.05, 0.1) is 12.4 Å². The Morgan fingerprint density at radius 2 is 1.83 bits per heavy atom. The predicted molar refractivity (Wildman–Crippen MR) is 101 cm³/mol. The van der Waals surface area contributed by atoms with E-state index in [9.17, 15) is 13.5 Å². The van der Waals surface area contributed by atoms with Crippen molar-refractivity contribution in [3.05, 3.63) is 29.8 Å². The maximum atomic E-state index is 11.1. The first-order valence-corrected chi connectivity index (χ1v) is 10.6.